The molecule has 0 aliphatic carbocycles. The maximum atomic E-state index is 11.6. The standard InChI is InChI=1S/C12H20N4O4/c1-4-7(2)10(11(17)18)15-12(19)13-6-5-9-14-8(3)16-20-9/h7,10H,4-6H2,1-3H3,(H,17,18)(H2,13,15,19). The van der Waals surface area contributed by atoms with Gasteiger partial charge in [0.15, 0.2) is 5.82 Å². The lowest BCUT2D eigenvalue weighted by molar-refractivity contribution is -0.140. The van der Waals surface area contributed by atoms with Crippen LogP contribution in [-0.4, -0.2) is 39.8 Å². The Labute approximate surface area is 116 Å². The second-order valence-electron chi connectivity index (χ2n) is 4.59. The van der Waals surface area contributed by atoms with Gasteiger partial charge in [0.1, 0.15) is 6.04 Å². The lowest BCUT2D eigenvalue weighted by Gasteiger charge is -2.20. The summed E-state index contributed by atoms with van der Waals surface area (Å²) in [5, 5.41) is 17.7. The van der Waals surface area contributed by atoms with Crippen molar-refractivity contribution < 1.29 is 19.2 Å². The molecule has 1 aromatic heterocycles. The third-order valence-electron chi connectivity index (χ3n) is 2.96. The summed E-state index contributed by atoms with van der Waals surface area (Å²) in [4.78, 5) is 26.7. The topological polar surface area (TPSA) is 117 Å². The van der Waals surface area contributed by atoms with Crippen LogP contribution >= 0.6 is 0 Å². The van der Waals surface area contributed by atoms with E-state index in [0.717, 1.165) is 0 Å². The number of nitrogens with one attached hydrogen (secondary N) is 2. The van der Waals surface area contributed by atoms with E-state index in [2.05, 4.69) is 20.8 Å². The molecule has 1 rings (SSSR count). The summed E-state index contributed by atoms with van der Waals surface area (Å²) in [5.41, 5.74) is 0. The summed E-state index contributed by atoms with van der Waals surface area (Å²) in [6.45, 7) is 5.65. The van der Waals surface area contributed by atoms with Gasteiger partial charge in [-0.1, -0.05) is 25.4 Å². The summed E-state index contributed by atoms with van der Waals surface area (Å²) in [6.07, 6.45) is 1.06. The molecule has 2 atom stereocenters. The van der Waals surface area contributed by atoms with E-state index in [1.165, 1.54) is 0 Å². The first-order valence-corrected chi connectivity index (χ1v) is 6.50. The molecule has 0 aliphatic rings. The Morgan fingerprint density at radius 2 is 2.15 bits per heavy atom. The maximum absolute atomic E-state index is 11.6. The van der Waals surface area contributed by atoms with Gasteiger partial charge in [0.2, 0.25) is 5.89 Å². The van der Waals surface area contributed by atoms with Gasteiger partial charge in [-0.25, -0.2) is 9.59 Å². The molecule has 2 amide bonds. The number of urea groups is 1. The Bertz CT molecular complexity index is 460. The summed E-state index contributed by atoms with van der Waals surface area (Å²) in [5.74, 6) is -0.217. The maximum Gasteiger partial charge on any atom is 0.326 e. The minimum atomic E-state index is -1.04. The van der Waals surface area contributed by atoms with Gasteiger partial charge in [-0.2, -0.15) is 4.98 Å². The number of aliphatic carboxylic acids is 1. The van der Waals surface area contributed by atoms with Gasteiger partial charge >= 0.3 is 12.0 Å². The molecule has 0 radical (unpaired) electrons. The number of aryl methyl sites for hydroxylation is 1. The van der Waals surface area contributed by atoms with E-state index in [-0.39, 0.29) is 5.92 Å². The molecule has 1 heterocycles. The van der Waals surface area contributed by atoms with Crippen molar-refractivity contribution in [1.29, 1.82) is 0 Å². The quantitative estimate of drug-likeness (QED) is 0.679. The molecular weight excluding hydrogens is 264 g/mol. The highest BCUT2D eigenvalue weighted by atomic mass is 16.5. The van der Waals surface area contributed by atoms with Crippen LogP contribution in [0.3, 0.4) is 0 Å². The van der Waals surface area contributed by atoms with E-state index in [9.17, 15) is 9.59 Å². The van der Waals surface area contributed by atoms with Crippen molar-refractivity contribution >= 4 is 12.0 Å². The number of amides is 2. The first-order valence-electron chi connectivity index (χ1n) is 6.50. The molecule has 112 valence electrons. The fourth-order valence-electron chi connectivity index (χ4n) is 1.60. The first kappa shape index (κ1) is 15.9. The SMILES string of the molecule is CCC(C)C(NC(=O)NCCc1nc(C)no1)C(=O)O. The Morgan fingerprint density at radius 1 is 1.45 bits per heavy atom. The Balaban J connectivity index is 2.36. The molecule has 0 aliphatic heterocycles. The van der Waals surface area contributed by atoms with Gasteiger partial charge in [0.05, 0.1) is 0 Å². The smallest absolute Gasteiger partial charge is 0.326 e. The van der Waals surface area contributed by atoms with Crippen LogP contribution in [0.25, 0.3) is 0 Å². The van der Waals surface area contributed by atoms with Gasteiger partial charge in [-0.15, -0.1) is 0 Å². The Morgan fingerprint density at radius 3 is 2.65 bits per heavy atom. The zero-order valence-electron chi connectivity index (χ0n) is 11.8. The number of aromatic nitrogens is 2. The van der Waals surface area contributed by atoms with Crippen LogP contribution < -0.4 is 10.6 Å². The average molecular weight is 284 g/mol. The summed E-state index contributed by atoms with van der Waals surface area (Å²) < 4.78 is 4.89. The van der Waals surface area contributed by atoms with Crippen molar-refractivity contribution in [1.82, 2.24) is 20.8 Å². The number of carboxylic acid groups (broad SMARTS) is 1. The van der Waals surface area contributed by atoms with Crippen LogP contribution in [-0.2, 0) is 11.2 Å². The monoisotopic (exact) mass is 284 g/mol. The lowest BCUT2D eigenvalue weighted by atomic mass is 9.99. The second-order valence-corrected chi connectivity index (χ2v) is 4.59. The Kier molecular flexibility index (Phi) is 5.95. The molecule has 0 spiro atoms. The van der Waals surface area contributed by atoms with Gasteiger partial charge in [0, 0.05) is 13.0 Å². The molecule has 0 saturated heterocycles. The average Bonchev–Trinajstić information content (AvgIpc) is 2.80. The van der Waals surface area contributed by atoms with E-state index in [4.69, 9.17) is 9.63 Å². The third-order valence-corrected chi connectivity index (χ3v) is 2.96. The number of carboxylic acids is 1. The van der Waals surface area contributed by atoms with Gasteiger partial charge in [0.25, 0.3) is 0 Å². The molecule has 0 fully saturated rings. The number of hydrogen-bond acceptors (Lipinski definition) is 5. The summed E-state index contributed by atoms with van der Waals surface area (Å²) in [6, 6.07) is -1.42. The fourth-order valence-corrected chi connectivity index (χ4v) is 1.60. The zero-order valence-corrected chi connectivity index (χ0v) is 11.8. The van der Waals surface area contributed by atoms with E-state index < -0.39 is 18.0 Å². The van der Waals surface area contributed by atoms with Crippen molar-refractivity contribution in [2.45, 2.75) is 39.7 Å². The normalized spacial score (nSPS) is 13.6. The molecule has 0 aromatic carbocycles. The van der Waals surface area contributed by atoms with Crippen LogP contribution in [0.1, 0.15) is 32.0 Å². The van der Waals surface area contributed by atoms with Gasteiger partial charge in [-0.3, -0.25) is 0 Å². The zero-order chi connectivity index (χ0) is 15.1. The highest BCUT2D eigenvalue weighted by Gasteiger charge is 2.25. The van der Waals surface area contributed by atoms with Gasteiger partial charge in [-0.05, 0) is 12.8 Å². The van der Waals surface area contributed by atoms with E-state index in [1.54, 1.807) is 13.8 Å². The Hall–Kier alpha value is -2.12. The number of hydrogen-bond donors (Lipinski definition) is 3. The molecule has 2 unspecified atom stereocenters. The van der Waals surface area contributed by atoms with Crippen LogP contribution in [0.2, 0.25) is 0 Å². The molecular formula is C12H20N4O4. The van der Waals surface area contributed by atoms with Crippen LogP contribution in [0.4, 0.5) is 4.79 Å². The highest BCUT2D eigenvalue weighted by molar-refractivity contribution is 5.82. The van der Waals surface area contributed by atoms with Crippen molar-refractivity contribution in [2.75, 3.05) is 6.54 Å². The predicted octanol–water partition coefficient (Wildman–Crippen LogP) is 0.719. The van der Waals surface area contributed by atoms with Gasteiger partial charge < -0.3 is 20.3 Å². The number of nitrogens with zero attached hydrogens (tertiary/aromatic N) is 2. The van der Waals surface area contributed by atoms with Crippen LogP contribution in [0.5, 0.6) is 0 Å². The summed E-state index contributed by atoms with van der Waals surface area (Å²) in [7, 11) is 0. The minimum Gasteiger partial charge on any atom is -0.480 e. The highest BCUT2D eigenvalue weighted by Crippen LogP contribution is 2.07. The number of carbonyl (C=O) groups excluding carboxylic acids is 1. The van der Waals surface area contributed by atoms with E-state index in [0.29, 0.717) is 31.1 Å². The molecule has 0 saturated carbocycles. The second kappa shape index (κ2) is 7.46. The predicted molar refractivity (Wildman–Crippen MR) is 70.2 cm³/mol. The van der Waals surface area contributed by atoms with Crippen molar-refractivity contribution in [3.8, 4) is 0 Å². The van der Waals surface area contributed by atoms with Crippen molar-refractivity contribution in [3.05, 3.63) is 11.7 Å². The number of carbonyl (C=O) groups is 2. The number of rotatable bonds is 7. The van der Waals surface area contributed by atoms with E-state index >= 15 is 0 Å². The minimum absolute atomic E-state index is 0.142. The third kappa shape index (κ3) is 4.87. The molecule has 8 nitrogen and oxygen atoms in total. The molecule has 1 aromatic rings. The van der Waals surface area contributed by atoms with Crippen molar-refractivity contribution in [2.24, 2.45) is 5.92 Å². The largest absolute Gasteiger partial charge is 0.480 e. The van der Waals surface area contributed by atoms with Crippen LogP contribution in [0.15, 0.2) is 4.52 Å². The van der Waals surface area contributed by atoms with Crippen molar-refractivity contribution in [3.63, 3.8) is 0 Å². The molecule has 8 heteroatoms. The van der Waals surface area contributed by atoms with E-state index in [1.807, 2.05) is 6.92 Å². The first-order chi connectivity index (χ1) is 9.43. The lowest BCUT2D eigenvalue weighted by Crippen LogP contribution is -2.49. The van der Waals surface area contributed by atoms with Crippen LogP contribution in [0, 0.1) is 12.8 Å². The molecule has 3 N–H and O–H groups in total. The summed E-state index contributed by atoms with van der Waals surface area (Å²) >= 11 is 0. The molecule has 20 heavy (non-hydrogen) atoms. The fraction of sp³-hybridized carbons (Fsp3) is 0.667. The molecule has 0 bridgehead atoms.